The van der Waals surface area contributed by atoms with Crippen molar-refractivity contribution in [1.82, 2.24) is 0 Å². The molecule has 2 saturated carbocycles. The van der Waals surface area contributed by atoms with Gasteiger partial charge in [-0.15, -0.1) is 93.9 Å². The fourth-order valence-corrected chi connectivity index (χ4v) is 4.32. The van der Waals surface area contributed by atoms with Crippen LogP contribution in [0.5, 0.6) is 0 Å². The molecule has 0 bridgehead atoms. The van der Waals surface area contributed by atoms with E-state index in [4.69, 9.17) is 0 Å². The molecule has 0 amide bonds. The molecule has 0 saturated heterocycles. The second kappa shape index (κ2) is 13.9. The molecule has 6 rings (SSSR count). The summed E-state index contributed by atoms with van der Waals surface area (Å²) in [5.41, 5.74) is 5.93. The van der Waals surface area contributed by atoms with Crippen LogP contribution >= 0.6 is 24.8 Å². The Labute approximate surface area is 224 Å². The molecule has 4 heteroatoms. The number of benzene rings is 2. The molecule has 4 aromatic rings. The first-order valence-corrected chi connectivity index (χ1v) is 14.4. The summed E-state index contributed by atoms with van der Waals surface area (Å²) in [5, 5.41) is 5.81. The maximum absolute atomic E-state index is 3.06. The van der Waals surface area contributed by atoms with Gasteiger partial charge in [0.25, 0.3) is 0 Å². The Morgan fingerprint density at radius 3 is 1.34 bits per heavy atom. The van der Waals surface area contributed by atoms with Gasteiger partial charge < -0.3 is 14.9 Å². The molecule has 172 valence electrons. The molecule has 2 aliphatic carbocycles. The van der Waals surface area contributed by atoms with Crippen LogP contribution in [0.3, 0.4) is 0 Å². The first-order valence-electron chi connectivity index (χ1n) is 10.3. The van der Waals surface area contributed by atoms with E-state index in [-0.39, 0.29) is 39.7 Å². The minimum absolute atomic E-state index is 0. The van der Waals surface area contributed by atoms with Crippen molar-refractivity contribution in [1.29, 1.82) is 0 Å². The van der Waals surface area contributed by atoms with E-state index in [1.54, 1.807) is 11.1 Å². The monoisotopic (exact) mass is 558 g/mol. The minimum atomic E-state index is 0. The summed E-state index contributed by atoms with van der Waals surface area (Å²) in [6.07, 6.45) is 5.57. The Morgan fingerprint density at radius 1 is 0.688 bits per heavy atom. The Hall–Kier alpha value is -0.660. The molecule has 32 heavy (non-hydrogen) atoms. The van der Waals surface area contributed by atoms with Crippen molar-refractivity contribution in [2.45, 2.75) is 51.4 Å². The van der Waals surface area contributed by atoms with Gasteiger partial charge in [-0.05, 0) is 37.5 Å². The molecular formula is C28H34Cl2SiZr-4. The molecule has 2 fully saturated rings. The number of fused-ring (bicyclic) bond motifs is 2. The van der Waals surface area contributed by atoms with E-state index in [1.807, 2.05) is 0 Å². The normalized spacial score (nSPS) is 13.7. The Bertz CT molecular complexity index is 1020. The van der Waals surface area contributed by atoms with Crippen molar-refractivity contribution in [3.63, 3.8) is 0 Å². The van der Waals surface area contributed by atoms with Gasteiger partial charge in [0.05, 0.1) is 0 Å². The zero-order valence-corrected chi connectivity index (χ0v) is 24.7. The molecule has 0 heterocycles. The van der Waals surface area contributed by atoms with E-state index in [9.17, 15) is 0 Å². The van der Waals surface area contributed by atoms with Crippen LogP contribution in [0.2, 0.25) is 0 Å². The summed E-state index contributed by atoms with van der Waals surface area (Å²) in [5.74, 6) is 1.73. The topological polar surface area (TPSA) is 0 Å². The summed E-state index contributed by atoms with van der Waals surface area (Å²) in [4.78, 5) is 0. The molecule has 0 aromatic heterocycles. The number of hydrogen-bond acceptors (Lipinski definition) is 0. The molecule has 2 aliphatic rings. The fraction of sp³-hybridized carbons (Fsp3) is 0.286. The third-order valence-corrected chi connectivity index (χ3v) is 5.89. The van der Waals surface area contributed by atoms with Crippen LogP contribution in [-0.2, 0) is 23.3 Å². The third kappa shape index (κ3) is 7.17. The summed E-state index contributed by atoms with van der Waals surface area (Å²) in [6, 6.07) is 22.6. The standard InChI is InChI=1S/2C13H13.2CH3.2ClH.Si.Zr/c2*1-9-7-11-3-2-4-12(10-5-6-10)13(11)8-9;;;;;;/h2*2-4,7-8,10H,5-6H2,1H3;2*1H3;2*1H;;/q4*-1;;;;. The van der Waals surface area contributed by atoms with Gasteiger partial charge >= 0.3 is 30.2 Å². The summed E-state index contributed by atoms with van der Waals surface area (Å²) in [6.45, 7) is 7.42. The number of halogens is 2. The van der Waals surface area contributed by atoms with Gasteiger partial charge in [-0.2, -0.15) is 12.1 Å². The van der Waals surface area contributed by atoms with Crippen molar-refractivity contribution < 1.29 is 23.3 Å². The predicted octanol–water partition coefficient (Wildman–Crippen LogP) is 8.85. The number of hydrogen-bond donors (Lipinski definition) is 0. The molecular weight excluding hydrogens is 527 g/mol. The first kappa shape index (κ1) is 31.3. The Morgan fingerprint density at radius 2 is 1.03 bits per heavy atom. The first-order chi connectivity index (χ1) is 13.7. The second-order valence-corrected chi connectivity index (χ2v) is 8.31. The molecule has 0 spiro atoms. The van der Waals surface area contributed by atoms with Crippen LogP contribution in [0.1, 0.15) is 59.8 Å². The van der Waals surface area contributed by atoms with Crippen LogP contribution in [0.4, 0.5) is 0 Å². The SMILES string of the molecule is Cc1cc2c(C3CC3)cccc2[cH-]1.Cc1cc2c(C3CC3)cccc2[cH-]1.Cl.Cl.[CH3-].[CH3-].[Si]=[Zr]. The number of aryl methyl sites for hydroxylation is 2. The molecule has 4 aromatic carbocycles. The zero-order valence-electron chi connectivity index (χ0n) is 19.6. The van der Waals surface area contributed by atoms with Crippen molar-refractivity contribution >= 4 is 53.2 Å². The van der Waals surface area contributed by atoms with E-state index in [0.29, 0.717) is 0 Å². The molecule has 0 atom stereocenters. The third-order valence-electron chi connectivity index (χ3n) is 5.89. The van der Waals surface area contributed by atoms with Crippen LogP contribution in [0, 0.1) is 28.7 Å². The fourth-order valence-electron chi connectivity index (χ4n) is 4.32. The summed E-state index contributed by atoms with van der Waals surface area (Å²) < 4.78 is 0. The molecule has 0 aliphatic heterocycles. The Kier molecular flexibility index (Phi) is 13.6. The zero-order chi connectivity index (χ0) is 19.7. The van der Waals surface area contributed by atoms with Gasteiger partial charge in [-0.25, -0.2) is 0 Å². The van der Waals surface area contributed by atoms with E-state index in [2.05, 4.69) is 81.4 Å². The molecule has 0 N–H and O–H groups in total. The second-order valence-electron chi connectivity index (χ2n) is 8.31. The van der Waals surface area contributed by atoms with Gasteiger partial charge in [-0.3, -0.25) is 0 Å². The average Bonchev–Trinajstić information content (AvgIpc) is 3.62. The summed E-state index contributed by atoms with van der Waals surface area (Å²) >= 11 is 1.36. The van der Waals surface area contributed by atoms with Crippen molar-refractivity contribution in [3.8, 4) is 0 Å². The van der Waals surface area contributed by atoms with Crippen LogP contribution < -0.4 is 0 Å². The van der Waals surface area contributed by atoms with Gasteiger partial charge in [-0.1, -0.05) is 37.1 Å². The molecule has 0 unspecified atom stereocenters. The van der Waals surface area contributed by atoms with Gasteiger partial charge in [0.2, 0.25) is 0 Å². The number of rotatable bonds is 2. The summed E-state index contributed by atoms with van der Waals surface area (Å²) in [7, 11) is 0. The van der Waals surface area contributed by atoms with Crippen molar-refractivity contribution in [3.05, 3.63) is 97.8 Å². The van der Waals surface area contributed by atoms with E-state index >= 15 is 0 Å². The van der Waals surface area contributed by atoms with Crippen molar-refractivity contribution in [2.24, 2.45) is 0 Å². The van der Waals surface area contributed by atoms with Gasteiger partial charge in [0.15, 0.2) is 0 Å². The Balaban J connectivity index is 0.000000500. The van der Waals surface area contributed by atoms with Gasteiger partial charge in [0.1, 0.15) is 0 Å². The quantitative estimate of drug-likeness (QED) is 0.170. The van der Waals surface area contributed by atoms with Crippen LogP contribution in [-0.4, -0.2) is 6.88 Å². The van der Waals surface area contributed by atoms with Crippen LogP contribution in [0.25, 0.3) is 21.5 Å². The van der Waals surface area contributed by atoms with E-state index < -0.39 is 0 Å². The van der Waals surface area contributed by atoms with E-state index in [0.717, 1.165) is 11.8 Å². The van der Waals surface area contributed by atoms with Crippen molar-refractivity contribution in [2.75, 3.05) is 0 Å². The predicted molar refractivity (Wildman–Crippen MR) is 146 cm³/mol. The maximum atomic E-state index is 3.06. The van der Waals surface area contributed by atoms with Gasteiger partial charge in [0, 0.05) is 0 Å². The molecule has 0 nitrogen and oxygen atoms in total. The average molecular weight is 561 g/mol. The van der Waals surface area contributed by atoms with Crippen LogP contribution in [0.15, 0.2) is 60.7 Å². The molecule has 2 radical (unpaired) electrons. The van der Waals surface area contributed by atoms with E-state index in [1.165, 1.54) is 81.7 Å².